The van der Waals surface area contributed by atoms with Gasteiger partial charge >= 0.3 is 0 Å². The molecule has 2 aromatic heterocycles. The number of hydrogen-bond acceptors (Lipinski definition) is 6. The minimum Gasteiger partial charge on any atom is -0.297 e. The molecule has 1 N–H and O–H groups in total. The molecule has 146 valence electrons. The predicted octanol–water partition coefficient (Wildman–Crippen LogP) is 2.77. The van der Waals surface area contributed by atoms with Crippen LogP contribution in [0.5, 0.6) is 0 Å². The highest BCUT2D eigenvalue weighted by atomic mass is 32.2. The normalized spacial score (nSPS) is 14.8. The fourth-order valence-corrected chi connectivity index (χ4v) is 4.93. The molecular formula is C20H21N3O3S2. The van der Waals surface area contributed by atoms with Gasteiger partial charge in [0.2, 0.25) is 15.0 Å². The van der Waals surface area contributed by atoms with Gasteiger partial charge in [-0.1, -0.05) is 29.8 Å². The van der Waals surface area contributed by atoms with Gasteiger partial charge in [0.25, 0.3) is 5.56 Å². The highest BCUT2D eigenvalue weighted by molar-refractivity contribution is 7.90. The molecule has 28 heavy (non-hydrogen) atoms. The minimum atomic E-state index is -3.53. The highest BCUT2D eigenvalue weighted by Gasteiger charge is 2.23. The van der Waals surface area contributed by atoms with Crippen LogP contribution in [0.3, 0.4) is 0 Å². The molecule has 1 aromatic carbocycles. The van der Waals surface area contributed by atoms with E-state index in [4.69, 9.17) is 0 Å². The Labute approximate surface area is 167 Å². The van der Waals surface area contributed by atoms with Gasteiger partial charge in [-0.25, -0.2) is 13.4 Å². The standard InChI is InChI=1S/C20H21N3O3S2/c1-13-3-5-14(6-4-13)18-8-7-15(27-18)11-23-10-9-17-16(12-23)19(24)22-20(21-17)28(2,25)26/h3-8H,9-12H2,1-2H3,(H,21,22,24). The Hall–Kier alpha value is -2.29. The van der Waals surface area contributed by atoms with E-state index in [9.17, 15) is 13.2 Å². The number of fused-ring (bicyclic) bond motifs is 1. The Bertz CT molecular complexity index is 1180. The van der Waals surface area contributed by atoms with Crippen LogP contribution in [0.2, 0.25) is 0 Å². The van der Waals surface area contributed by atoms with Gasteiger partial charge in [0.05, 0.1) is 11.3 Å². The van der Waals surface area contributed by atoms with Gasteiger partial charge in [0.15, 0.2) is 0 Å². The van der Waals surface area contributed by atoms with E-state index >= 15 is 0 Å². The molecule has 0 unspecified atom stereocenters. The van der Waals surface area contributed by atoms with Gasteiger partial charge in [-0.05, 0) is 24.6 Å². The maximum atomic E-state index is 12.4. The molecule has 0 aliphatic carbocycles. The zero-order valence-electron chi connectivity index (χ0n) is 15.7. The number of nitrogens with zero attached hydrogens (tertiary/aromatic N) is 2. The summed E-state index contributed by atoms with van der Waals surface area (Å²) < 4.78 is 23.3. The fourth-order valence-electron chi connectivity index (χ4n) is 3.32. The Morgan fingerprint density at radius 3 is 2.64 bits per heavy atom. The smallest absolute Gasteiger partial charge is 0.256 e. The van der Waals surface area contributed by atoms with Gasteiger partial charge in [0.1, 0.15) is 0 Å². The number of aryl methyl sites for hydroxylation is 1. The van der Waals surface area contributed by atoms with Crippen LogP contribution >= 0.6 is 11.3 Å². The lowest BCUT2D eigenvalue weighted by Gasteiger charge is -2.27. The summed E-state index contributed by atoms with van der Waals surface area (Å²) in [5.74, 6) is 0. The molecule has 0 spiro atoms. The van der Waals surface area contributed by atoms with Crippen LogP contribution < -0.4 is 5.56 Å². The van der Waals surface area contributed by atoms with E-state index < -0.39 is 9.84 Å². The number of hydrogen-bond donors (Lipinski definition) is 1. The Kier molecular flexibility index (Phi) is 4.95. The quantitative estimate of drug-likeness (QED) is 0.663. The average molecular weight is 416 g/mol. The van der Waals surface area contributed by atoms with Gasteiger partial charge in [0, 0.05) is 42.1 Å². The predicted molar refractivity (Wildman–Crippen MR) is 110 cm³/mol. The van der Waals surface area contributed by atoms with Crippen molar-refractivity contribution in [2.45, 2.75) is 31.6 Å². The fraction of sp³-hybridized carbons (Fsp3) is 0.300. The van der Waals surface area contributed by atoms with Crippen LogP contribution in [0.1, 0.15) is 21.7 Å². The summed E-state index contributed by atoms with van der Waals surface area (Å²) in [6.07, 6.45) is 1.62. The molecule has 0 saturated carbocycles. The molecule has 1 aliphatic heterocycles. The maximum Gasteiger partial charge on any atom is 0.256 e. The highest BCUT2D eigenvalue weighted by Crippen LogP contribution is 2.29. The molecule has 3 aromatic rings. The lowest BCUT2D eigenvalue weighted by atomic mass is 10.1. The number of nitrogens with one attached hydrogen (secondary N) is 1. The zero-order chi connectivity index (χ0) is 19.9. The molecule has 0 amide bonds. The second kappa shape index (κ2) is 7.27. The van der Waals surface area contributed by atoms with Crippen molar-refractivity contribution in [2.75, 3.05) is 12.8 Å². The van der Waals surface area contributed by atoms with Crippen molar-refractivity contribution in [2.24, 2.45) is 0 Å². The van der Waals surface area contributed by atoms with Crippen LogP contribution in [-0.2, 0) is 29.3 Å². The molecule has 1 aliphatic rings. The molecule has 0 bridgehead atoms. The van der Waals surface area contributed by atoms with E-state index in [0.29, 0.717) is 24.2 Å². The van der Waals surface area contributed by atoms with E-state index in [0.717, 1.165) is 19.3 Å². The molecule has 4 rings (SSSR count). The largest absolute Gasteiger partial charge is 0.297 e. The summed E-state index contributed by atoms with van der Waals surface area (Å²) >= 11 is 1.75. The van der Waals surface area contributed by atoms with E-state index in [1.54, 1.807) is 11.3 Å². The molecule has 0 saturated heterocycles. The van der Waals surface area contributed by atoms with E-state index in [1.165, 1.54) is 20.9 Å². The first-order valence-corrected chi connectivity index (χ1v) is 11.7. The SMILES string of the molecule is Cc1ccc(-c2ccc(CN3CCc4nc(S(C)(=O)=O)[nH]c(=O)c4C3)s2)cc1. The second-order valence-corrected chi connectivity index (χ2v) is 10.3. The van der Waals surface area contributed by atoms with E-state index in [-0.39, 0.29) is 10.7 Å². The van der Waals surface area contributed by atoms with Crippen molar-refractivity contribution in [1.82, 2.24) is 14.9 Å². The minimum absolute atomic E-state index is 0.245. The van der Waals surface area contributed by atoms with Crippen LogP contribution in [0.25, 0.3) is 10.4 Å². The zero-order valence-corrected chi connectivity index (χ0v) is 17.4. The molecule has 3 heterocycles. The average Bonchev–Trinajstić information content (AvgIpc) is 3.10. The van der Waals surface area contributed by atoms with Crippen molar-refractivity contribution < 1.29 is 8.42 Å². The van der Waals surface area contributed by atoms with Gasteiger partial charge in [-0.15, -0.1) is 11.3 Å². The monoisotopic (exact) mass is 415 g/mol. The molecular weight excluding hydrogens is 394 g/mol. The summed E-state index contributed by atoms with van der Waals surface area (Å²) in [6, 6.07) is 12.7. The maximum absolute atomic E-state index is 12.4. The molecule has 0 atom stereocenters. The van der Waals surface area contributed by atoms with Crippen LogP contribution in [0.4, 0.5) is 0 Å². The number of aromatic amines is 1. The van der Waals surface area contributed by atoms with E-state index in [2.05, 4.69) is 58.2 Å². The molecule has 6 nitrogen and oxygen atoms in total. The molecule has 0 radical (unpaired) electrons. The summed E-state index contributed by atoms with van der Waals surface area (Å²) in [5, 5.41) is -0.245. The number of sulfone groups is 1. The Morgan fingerprint density at radius 2 is 1.93 bits per heavy atom. The summed E-state index contributed by atoms with van der Waals surface area (Å²) in [6.45, 7) is 4.04. The van der Waals surface area contributed by atoms with Crippen molar-refractivity contribution in [1.29, 1.82) is 0 Å². The van der Waals surface area contributed by atoms with Gasteiger partial charge < -0.3 is 0 Å². The third-order valence-electron chi connectivity index (χ3n) is 4.85. The molecule has 8 heteroatoms. The number of H-pyrrole nitrogens is 1. The van der Waals surface area contributed by atoms with Crippen molar-refractivity contribution in [3.05, 3.63) is 68.4 Å². The van der Waals surface area contributed by atoms with Gasteiger partial charge in [-0.3, -0.25) is 14.7 Å². The van der Waals surface area contributed by atoms with Gasteiger partial charge in [-0.2, -0.15) is 0 Å². The van der Waals surface area contributed by atoms with Crippen LogP contribution in [0.15, 0.2) is 46.3 Å². The van der Waals surface area contributed by atoms with Crippen molar-refractivity contribution in [3.63, 3.8) is 0 Å². The third-order valence-corrected chi connectivity index (χ3v) is 6.87. The van der Waals surface area contributed by atoms with E-state index in [1.807, 2.05) is 0 Å². The number of aromatic nitrogens is 2. The number of thiophene rings is 1. The van der Waals surface area contributed by atoms with Crippen LogP contribution in [0, 0.1) is 6.92 Å². The summed E-state index contributed by atoms with van der Waals surface area (Å²) in [5.41, 5.74) is 3.24. The second-order valence-electron chi connectivity index (χ2n) is 7.16. The first kappa shape index (κ1) is 19.0. The Morgan fingerprint density at radius 1 is 1.18 bits per heavy atom. The third kappa shape index (κ3) is 3.94. The lowest BCUT2D eigenvalue weighted by molar-refractivity contribution is 0.243. The Balaban J connectivity index is 1.51. The first-order valence-electron chi connectivity index (χ1n) is 9.00. The number of benzene rings is 1. The summed E-state index contributed by atoms with van der Waals surface area (Å²) in [4.78, 5) is 23.6. The van der Waals surface area contributed by atoms with Crippen molar-refractivity contribution >= 4 is 21.2 Å². The first-order chi connectivity index (χ1) is 13.3. The van der Waals surface area contributed by atoms with Crippen LogP contribution in [-0.4, -0.2) is 36.1 Å². The topological polar surface area (TPSA) is 83.1 Å². The van der Waals surface area contributed by atoms with Crippen molar-refractivity contribution in [3.8, 4) is 10.4 Å². The number of rotatable bonds is 4. The summed E-state index contributed by atoms with van der Waals surface area (Å²) in [7, 11) is -3.53. The lowest BCUT2D eigenvalue weighted by Crippen LogP contribution is -2.35. The molecule has 0 fully saturated rings.